The van der Waals surface area contributed by atoms with Crippen molar-refractivity contribution in [2.24, 2.45) is 0 Å². The first kappa shape index (κ1) is 20.4. The van der Waals surface area contributed by atoms with E-state index in [-0.39, 0.29) is 37.5 Å². The number of likely N-dealkylation sites (tertiary alicyclic amines) is 1. The van der Waals surface area contributed by atoms with E-state index in [0.717, 1.165) is 32.2 Å². The Bertz CT molecular complexity index is 414. The smallest absolute Gasteiger partial charge is 0.323 e. The zero-order valence-corrected chi connectivity index (χ0v) is 14.6. The summed E-state index contributed by atoms with van der Waals surface area (Å²) in [6, 6.07) is -0.356. The van der Waals surface area contributed by atoms with Gasteiger partial charge in [0.05, 0.1) is 13.2 Å². The minimum atomic E-state index is -0.840. The lowest BCUT2D eigenvalue weighted by atomic mass is 10.2. The van der Waals surface area contributed by atoms with E-state index in [4.69, 9.17) is 9.84 Å². The van der Waals surface area contributed by atoms with Crippen LogP contribution in [0.3, 0.4) is 0 Å². The SMILES string of the molecule is CCCCCNC(=O)CN1CCC[C@@H]1C(=O)OCCCCC(=O)O. The molecule has 1 fully saturated rings. The molecule has 0 aliphatic carbocycles. The molecule has 1 saturated heterocycles. The molecule has 1 rings (SSSR count). The lowest BCUT2D eigenvalue weighted by Gasteiger charge is -2.22. The molecule has 0 bridgehead atoms. The third-order valence-electron chi connectivity index (χ3n) is 4.11. The van der Waals surface area contributed by atoms with Gasteiger partial charge in [0.15, 0.2) is 0 Å². The van der Waals surface area contributed by atoms with Gasteiger partial charge in [-0.15, -0.1) is 0 Å². The minimum absolute atomic E-state index is 0.0488. The number of ether oxygens (including phenoxy) is 1. The topological polar surface area (TPSA) is 95.9 Å². The number of hydrogen-bond donors (Lipinski definition) is 2. The lowest BCUT2D eigenvalue weighted by Crippen LogP contribution is -2.43. The first-order chi connectivity index (χ1) is 11.5. The number of rotatable bonds is 12. The van der Waals surface area contributed by atoms with Crippen molar-refractivity contribution in [3.8, 4) is 0 Å². The van der Waals surface area contributed by atoms with Gasteiger partial charge in [0, 0.05) is 13.0 Å². The Labute approximate surface area is 143 Å². The average molecular weight is 342 g/mol. The van der Waals surface area contributed by atoms with Crippen LogP contribution in [0.1, 0.15) is 58.3 Å². The quantitative estimate of drug-likeness (QED) is 0.413. The van der Waals surface area contributed by atoms with Crippen LogP contribution in [0, 0.1) is 0 Å². The zero-order chi connectivity index (χ0) is 17.8. The molecule has 2 N–H and O–H groups in total. The highest BCUT2D eigenvalue weighted by Gasteiger charge is 2.32. The molecular formula is C17H30N2O5. The summed E-state index contributed by atoms with van der Waals surface area (Å²) in [5.41, 5.74) is 0. The van der Waals surface area contributed by atoms with Gasteiger partial charge in [0.2, 0.25) is 5.91 Å². The second-order valence-corrected chi connectivity index (χ2v) is 6.20. The number of hydrogen-bond acceptors (Lipinski definition) is 5. The third-order valence-corrected chi connectivity index (χ3v) is 4.11. The van der Waals surface area contributed by atoms with Crippen LogP contribution in [-0.4, -0.2) is 60.1 Å². The Hall–Kier alpha value is -1.63. The number of carbonyl (C=O) groups excluding carboxylic acids is 2. The molecule has 0 spiro atoms. The molecule has 0 aromatic rings. The van der Waals surface area contributed by atoms with E-state index in [1.807, 2.05) is 4.90 Å². The van der Waals surface area contributed by atoms with Crippen LogP contribution in [0.25, 0.3) is 0 Å². The van der Waals surface area contributed by atoms with Crippen molar-refractivity contribution in [2.75, 3.05) is 26.2 Å². The van der Waals surface area contributed by atoms with Crippen LogP contribution in [0.2, 0.25) is 0 Å². The van der Waals surface area contributed by atoms with Gasteiger partial charge in [-0.05, 0) is 38.6 Å². The number of unbranched alkanes of at least 4 members (excludes halogenated alkanes) is 3. The summed E-state index contributed by atoms with van der Waals surface area (Å²) in [6.07, 6.45) is 5.90. The van der Waals surface area contributed by atoms with Crippen LogP contribution in [0.5, 0.6) is 0 Å². The van der Waals surface area contributed by atoms with E-state index in [0.29, 0.717) is 25.8 Å². The van der Waals surface area contributed by atoms with E-state index in [2.05, 4.69) is 12.2 Å². The Morgan fingerprint density at radius 3 is 2.71 bits per heavy atom. The van der Waals surface area contributed by atoms with Crippen molar-refractivity contribution in [1.82, 2.24) is 10.2 Å². The second kappa shape index (κ2) is 11.8. The number of esters is 1. The number of nitrogens with one attached hydrogen (secondary N) is 1. The van der Waals surface area contributed by atoms with E-state index >= 15 is 0 Å². The number of carboxylic acids is 1. The third kappa shape index (κ3) is 8.29. The van der Waals surface area contributed by atoms with Gasteiger partial charge in [-0.1, -0.05) is 19.8 Å². The Kier molecular flexibility index (Phi) is 10.1. The highest BCUT2D eigenvalue weighted by Crippen LogP contribution is 2.18. The molecule has 1 aliphatic rings. The highest BCUT2D eigenvalue weighted by molar-refractivity contribution is 5.80. The largest absolute Gasteiger partial charge is 0.481 e. The van der Waals surface area contributed by atoms with Gasteiger partial charge in [0.1, 0.15) is 6.04 Å². The van der Waals surface area contributed by atoms with E-state index < -0.39 is 5.97 Å². The molecular weight excluding hydrogens is 312 g/mol. The highest BCUT2D eigenvalue weighted by atomic mass is 16.5. The summed E-state index contributed by atoms with van der Waals surface area (Å²) in [7, 11) is 0. The molecule has 138 valence electrons. The van der Waals surface area contributed by atoms with Crippen LogP contribution < -0.4 is 5.32 Å². The Morgan fingerprint density at radius 1 is 1.21 bits per heavy atom. The van der Waals surface area contributed by atoms with Crippen LogP contribution in [0.15, 0.2) is 0 Å². The molecule has 7 nitrogen and oxygen atoms in total. The molecule has 24 heavy (non-hydrogen) atoms. The fourth-order valence-electron chi connectivity index (χ4n) is 2.77. The zero-order valence-electron chi connectivity index (χ0n) is 14.6. The fourth-order valence-corrected chi connectivity index (χ4v) is 2.77. The van der Waals surface area contributed by atoms with E-state index in [1.54, 1.807) is 0 Å². The summed E-state index contributed by atoms with van der Waals surface area (Å²) in [5, 5.41) is 11.4. The van der Waals surface area contributed by atoms with Crippen LogP contribution in [0.4, 0.5) is 0 Å². The summed E-state index contributed by atoms with van der Waals surface area (Å²) in [4.78, 5) is 36.3. The normalized spacial score (nSPS) is 17.6. The summed E-state index contributed by atoms with van der Waals surface area (Å²) in [5.74, 6) is -1.19. The van der Waals surface area contributed by atoms with Gasteiger partial charge >= 0.3 is 11.9 Å². The van der Waals surface area contributed by atoms with Crippen LogP contribution in [-0.2, 0) is 19.1 Å². The summed E-state index contributed by atoms with van der Waals surface area (Å²) < 4.78 is 5.23. The van der Waals surface area contributed by atoms with E-state index in [1.165, 1.54) is 0 Å². The number of carboxylic acid groups (broad SMARTS) is 1. The standard InChI is InChI=1S/C17H30N2O5/c1-2-3-5-10-18-15(20)13-19-11-7-8-14(19)17(23)24-12-6-4-9-16(21)22/h14H,2-13H2,1H3,(H,18,20)(H,21,22)/t14-/m1/s1. The number of carbonyl (C=O) groups is 3. The lowest BCUT2D eigenvalue weighted by molar-refractivity contribution is -0.149. The number of aliphatic carboxylic acids is 1. The van der Waals surface area contributed by atoms with Gasteiger partial charge < -0.3 is 15.2 Å². The molecule has 0 saturated carbocycles. The molecule has 0 unspecified atom stereocenters. The average Bonchev–Trinajstić information content (AvgIpc) is 2.99. The van der Waals surface area contributed by atoms with Crippen LogP contribution >= 0.6 is 0 Å². The first-order valence-electron chi connectivity index (χ1n) is 8.93. The fraction of sp³-hybridized carbons (Fsp3) is 0.824. The predicted octanol–water partition coefficient (Wildman–Crippen LogP) is 1.56. The first-order valence-corrected chi connectivity index (χ1v) is 8.93. The van der Waals surface area contributed by atoms with E-state index in [9.17, 15) is 14.4 Å². The molecule has 0 radical (unpaired) electrons. The van der Waals surface area contributed by atoms with Crippen molar-refractivity contribution in [3.63, 3.8) is 0 Å². The summed E-state index contributed by atoms with van der Waals surface area (Å²) in [6.45, 7) is 3.98. The van der Waals surface area contributed by atoms with Gasteiger partial charge in [-0.25, -0.2) is 0 Å². The Balaban J connectivity index is 2.24. The van der Waals surface area contributed by atoms with Crippen molar-refractivity contribution >= 4 is 17.8 Å². The Morgan fingerprint density at radius 2 is 2.00 bits per heavy atom. The van der Waals surface area contributed by atoms with Crippen molar-refractivity contribution < 1.29 is 24.2 Å². The maximum Gasteiger partial charge on any atom is 0.323 e. The maximum atomic E-state index is 12.1. The number of nitrogens with zero attached hydrogens (tertiary/aromatic N) is 1. The van der Waals surface area contributed by atoms with Crippen molar-refractivity contribution in [2.45, 2.75) is 64.3 Å². The number of amides is 1. The molecule has 7 heteroatoms. The molecule has 0 aromatic carbocycles. The second-order valence-electron chi connectivity index (χ2n) is 6.20. The van der Waals surface area contributed by atoms with Gasteiger partial charge in [-0.3, -0.25) is 19.3 Å². The van der Waals surface area contributed by atoms with Gasteiger partial charge in [0.25, 0.3) is 0 Å². The molecule has 1 atom stereocenters. The predicted molar refractivity (Wildman–Crippen MR) is 89.6 cm³/mol. The maximum absolute atomic E-state index is 12.1. The van der Waals surface area contributed by atoms with Gasteiger partial charge in [-0.2, -0.15) is 0 Å². The molecule has 1 amide bonds. The van der Waals surface area contributed by atoms with Crippen molar-refractivity contribution in [1.29, 1.82) is 0 Å². The molecule has 0 aromatic heterocycles. The molecule has 1 heterocycles. The minimum Gasteiger partial charge on any atom is -0.481 e. The monoisotopic (exact) mass is 342 g/mol. The molecule has 1 aliphatic heterocycles. The summed E-state index contributed by atoms with van der Waals surface area (Å²) >= 11 is 0. The van der Waals surface area contributed by atoms with Crippen molar-refractivity contribution in [3.05, 3.63) is 0 Å².